The summed E-state index contributed by atoms with van der Waals surface area (Å²) in [5, 5.41) is 5.43. The number of rotatable bonds is 6. The Balaban J connectivity index is 1.85. The zero-order valence-corrected chi connectivity index (χ0v) is 12.5. The first-order valence-electron chi connectivity index (χ1n) is 6.91. The number of carbonyl (C=O) groups excluding carboxylic acids is 2. The van der Waals surface area contributed by atoms with E-state index in [2.05, 4.69) is 10.6 Å². The number of benzene rings is 1. The van der Waals surface area contributed by atoms with E-state index in [4.69, 9.17) is 9.15 Å². The zero-order valence-electron chi connectivity index (χ0n) is 12.5. The predicted molar refractivity (Wildman–Crippen MR) is 81.9 cm³/mol. The molecule has 0 saturated carbocycles. The van der Waals surface area contributed by atoms with E-state index in [1.165, 1.54) is 6.26 Å². The fourth-order valence-corrected chi connectivity index (χ4v) is 1.75. The summed E-state index contributed by atoms with van der Waals surface area (Å²) < 4.78 is 10.4. The third kappa shape index (κ3) is 4.66. The third-order valence-corrected chi connectivity index (χ3v) is 2.68. The second kappa shape index (κ2) is 7.31. The standard InChI is InChI=1S/C16H18N2O4/c1-11(2)17-15(19)10-22-13-7-5-12(6-8-13)18-16(20)14-4-3-9-21-14/h3-9,11H,10H2,1-2H3,(H,17,19)(H,18,20). The summed E-state index contributed by atoms with van der Waals surface area (Å²) in [4.78, 5) is 23.3. The lowest BCUT2D eigenvalue weighted by molar-refractivity contribution is -0.123. The van der Waals surface area contributed by atoms with Crippen LogP contribution in [0.1, 0.15) is 24.4 Å². The molecular formula is C16H18N2O4. The van der Waals surface area contributed by atoms with E-state index < -0.39 is 0 Å². The lowest BCUT2D eigenvalue weighted by Gasteiger charge is -2.10. The number of furan rings is 1. The summed E-state index contributed by atoms with van der Waals surface area (Å²) in [6.07, 6.45) is 1.44. The molecule has 0 aliphatic carbocycles. The third-order valence-electron chi connectivity index (χ3n) is 2.68. The maximum absolute atomic E-state index is 11.8. The normalized spacial score (nSPS) is 10.3. The number of anilines is 1. The van der Waals surface area contributed by atoms with Crippen LogP contribution in [0.25, 0.3) is 0 Å². The van der Waals surface area contributed by atoms with Crippen LogP contribution in [0.2, 0.25) is 0 Å². The van der Waals surface area contributed by atoms with Gasteiger partial charge in [0.05, 0.1) is 6.26 Å². The zero-order chi connectivity index (χ0) is 15.9. The summed E-state index contributed by atoms with van der Waals surface area (Å²) in [7, 11) is 0. The van der Waals surface area contributed by atoms with Crippen molar-refractivity contribution in [2.75, 3.05) is 11.9 Å². The average Bonchev–Trinajstić information content (AvgIpc) is 3.00. The van der Waals surface area contributed by atoms with Gasteiger partial charge in [-0.05, 0) is 50.2 Å². The molecule has 0 saturated heterocycles. The van der Waals surface area contributed by atoms with E-state index in [0.717, 1.165) is 0 Å². The van der Waals surface area contributed by atoms with Gasteiger partial charge in [-0.15, -0.1) is 0 Å². The Labute approximate surface area is 128 Å². The maximum Gasteiger partial charge on any atom is 0.291 e. The largest absolute Gasteiger partial charge is 0.484 e. The van der Waals surface area contributed by atoms with Crippen molar-refractivity contribution in [1.29, 1.82) is 0 Å². The van der Waals surface area contributed by atoms with Gasteiger partial charge in [-0.3, -0.25) is 9.59 Å². The van der Waals surface area contributed by atoms with Gasteiger partial charge in [-0.25, -0.2) is 0 Å². The molecular weight excluding hydrogens is 284 g/mol. The molecule has 1 heterocycles. The molecule has 0 unspecified atom stereocenters. The Kier molecular flexibility index (Phi) is 5.19. The first-order chi connectivity index (χ1) is 10.5. The molecule has 0 fully saturated rings. The molecule has 116 valence electrons. The number of hydrogen-bond donors (Lipinski definition) is 2. The van der Waals surface area contributed by atoms with Crippen molar-refractivity contribution in [3.05, 3.63) is 48.4 Å². The van der Waals surface area contributed by atoms with Gasteiger partial charge in [0, 0.05) is 11.7 Å². The Morgan fingerprint density at radius 1 is 1.18 bits per heavy atom. The number of ether oxygens (including phenoxy) is 1. The minimum Gasteiger partial charge on any atom is -0.484 e. The highest BCUT2D eigenvalue weighted by atomic mass is 16.5. The van der Waals surface area contributed by atoms with Crippen LogP contribution in [-0.2, 0) is 4.79 Å². The molecule has 6 nitrogen and oxygen atoms in total. The fourth-order valence-electron chi connectivity index (χ4n) is 1.75. The first-order valence-corrected chi connectivity index (χ1v) is 6.91. The summed E-state index contributed by atoms with van der Waals surface area (Å²) in [6.45, 7) is 3.72. The van der Waals surface area contributed by atoms with Gasteiger partial charge in [0.25, 0.3) is 11.8 Å². The van der Waals surface area contributed by atoms with Gasteiger partial charge in [-0.2, -0.15) is 0 Å². The number of amides is 2. The Hall–Kier alpha value is -2.76. The van der Waals surface area contributed by atoms with Crippen LogP contribution in [0.5, 0.6) is 5.75 Å². The van der Waals surface area contributed by atoms with Crippen LogP contribution in [0, 0.1) is 0 Å². The summed E-state index contributed by atoms with van der Waals surface area (Å²) >= 11 is 0. The number of carbonyl (C=O) groups is 2. The van der Waals surface area contributed by atoms with Crippen molar-refractivity contribution in [2.24, 2.45) is 0 Å². The van der Waals surface area contributed by atoms with E-state index in [1.54, 1.807) is 36.4 Å². The summed E-state index contributed by atoms with van der Waals surface area (Å²) in [5.74, 6) is 0.292. The number of hydrogen-bond acceptors (Lipinski definition) is 4. The second-order valence-electron chi connectivity index (χ2n) is 4.97. The minimum atomic E-state index is -0.324. The van der Waals surface area contributed by atoms with Gasteiger partial charge in [-0.1, -0.05) is 0 Å². The van der Waals surface area contributed by atoms with E-state index in [-0.39, 0.29) is 30.2 Å². The molecule has 2 N–H and O–H groups in total. The molecule has 0 radical (unpaired) electrons. The molecule has 0 spiro atoms. The van der Waals surface area contributed by atoms with Crippen molar-refractivity contribution in [3.63, 3.8) is 0 Å². The van der Waals surface area contributed by atoms with Crippen LogP contribution in [-0.4, -0.2) is 24.5 Å². The lowest BCUT2D eigenvalue weighted by Crippen LogP contribution is -2.34. The Bertz CT molecular complexity index is 618. The fraction of sp³-hybridized carbons (Fsp3) is 0.250. The predicted octanol–water partition coefficient (Wildman–Crippen LogP) is 2.44. The molecule has 2 amide bonds. The van der Waals surface area contributed by atoms with Crippen LogP contribution in [0.4, 0.5) is 5.69 Å². The summed E-state index contributed by atoms with van der Waals surface area (Å²) in [5.41, 5.74) is 0.611. The lowest BCUT2D eigenvalue weighted by atomic mass is 10.3. The van der Waals surface area contributed by atoms with Gasteiger partial charge >= 0.3 is 0 Å². The highest BCUT2D eigenvalue weighted by molar-refractivity contribution is 6.02. The highest BCUT2D eigenvalue weighted by Crippen LogP contribution is 2.16. The average molecular weight is 302 g/mol. The van der Waals surface area contributed by atoms with Gasteiger partial charge in [0.2, 0.25) is 0 Å². The second-order valence-corrected chi connectivity index (χ2v) is 4.97. The molecule has 6 heteroatoms. The van der Waals surface area contributed by atoms with E-state index in [9.17, 15) is 9.59 Å². The first kappa shape index (κ1) is 15.6. The smallest absolute Gasteiger partial charge is 0.291 e. The molecule has 0 aliphatic rings. The summed E-state index contributed by atoms with van der Waals surface area (Å²) in [6, 6.07) is 10.1. The highest BCUT2D eigenvalue weighted by Gasteiger charge is 2.09. The van der Waals surface area contributed by atoms with Crippen LogP contribution in [0.15, 0.2) is 47.1 Å². The van der Waals surface area contributed by atoms with Gasteiger partial charge in [0.15, 0.2) is 12.4 Å². The van der Waals surface area contributed by atoms with E-state index in [0.29, 0.717) is 11.4 Å². The van der Waals surface area contributed by atoms with Gasteiger partial charge in [0.1, 0.15) is 5.75 Å². The van der Waals surface area contributed by atoms with Crippen LogP contribution >= 0.6 is 0 Å². The SMILES string of the molecule is CC(C)NC(=O)COc1ccc(NC(=O)c2ccco2)cc1. The van der Waals surface area contributed by atoms with Gasteiger partial charge < -0.3 is 19.8 Å². The molecule has 22 heavy (non-hydrogen) atoms. The van der Waals surface area contributed by atoms with Crippen molar-refractivity contribution >= 4 is 17.5 Å². The van der Waals surface area contributed by atoms with E-state index in [1.807, 2.05) is 13.8 Å². The minimum absolute atomic E-state index is 0.0454. The quantitative estimate of drug-likeness (QED) is 0.859. The van der Waals surface area contributed by atoms with Crippen molar-refractivity contribution in [2.45, 2.75) is 19.9 Å². The Morgan fingerprint density at radius 2 is 1.91 bits per heavy atom. The van der Waals surface area contributed by atoms with Crippen molar-refractivity contribution < 1.29 is 18.7 Å². The molecule has 2 aromatic rings. The molecule has 1 aromatic heterocycles. The van der Waals surface area contributed by atoms with Crippen LogP contribution < -0.4 is 15.4 Å². The molecule has 0 atom stereocenters. The van der Waals surface area contributed by atoms with E-state index >= 15 is 0 Å². The molecule has 0 aliphatic heterocycles. The molecule has 2 rings (SSSR count). The molecule has 0 bridgehead atoms. The van der Waals surface area contributed by atoms with Crippen molar-refractivity contribution in [3.8, 4) is 5.75 Å². The number of nitrogens with one attached hydrogen (secondary N) is 2. The maximum atomic E-state index is 11.8. The topological polar surface area (TPSA) is 80.6 Å². The molecule has 1 aromatic carbocycles. The Morgan fingerprint density at radius 3 is 2.50 bits per heavy atom. The monoisotopic (exact) mass is 302 g/mol. The van der Waals surface area contributed by atoms with Crippen LogP contribution in [0.3, 0.4) is 0 Å². The van der Waals surface area contributed by atoms with Crippen molar-refractivity contribution in [1.82, 2.24) is 5.32 Å².